The minimum atomic E-state index is -0.635. The Hall–Kier alpha value is -2.91. The normalized spacial score (nSPS) is 12.4. The highest BCUT2D eigenvalue weighted by molar-refractivity contribution is 5.78. The molecule has 0 fully saturated rings. The van der Waals surface area contributed by atoms with Crippen LogP contribution in [0.15, 0.2) is 79.1 Å². The molecule has 1 unspecified atom stereocenters. The lowest BCUT2D eigenvalue weighted by Crippen LogP contribution is -2.09. The molecule has 4 rings (SSSR count). The van der Waals surface area contributed by atoms with E-state index in [0.717, 1.165) is 27.7 Å². The van der Waals surface area contributed by atoms with Crippen molar-refractivity contribution >= 4 is 10.9 Å². The number of para-hydroxylation sites is 1. The molecule has 1 N–H and O–H groups in total. The van der Waals surface area contributed by atoms with E-state index in [1.54, 1.807) is 0 Å². The Bertz CT molecular complexity index is 1000. The van der Waals surface area contributed by atoms with Crippen LogP contribution in [0, 0.1) is 6.92 Å². The van der Waals surface area contributed by atoms with E-state index in [0.29, 0.717) is 6.54 Å². The van der Waals surface area contributed by atoms with Crippen LogP contribution in [-0.2, 0) is 6.54 Å². The van der Waals surface area contributed by atoms with Gasteiger partial charge in [0.1, 0.15) is 6.10 Å². The number of aromatic nitrogens is 2. The lowest BCUT2D eigenvalue weighted by molar-refractivity contribution is 0.210. The van der Waals surface area contributed by atoms with Crippen molar-refractivity contribution in [3.63, 3.8) is 0 Å². The summed E-state index contributed by atoms with van der Waals surface area (Å²) in [5, 5.41) is 11.9. The molecule has 1 atom stereocenters. The largest absolute Gasteiger partial charge is 0.382 e. The number of rotatable bonds is 4. The molecule has 2 aromatic heterocycles. The number of aliphatic hydroxyl groups is 1. The Morgan fingerprint density at radius 3 is 2.64 bits per heavy atom. The number of aryl methyl sites for hydroxylation is 1. The summed E-state index contributed by atoms with van der Waals surface area (Å²) in [4.78, 5) is 4.53. The average molecular weight is 328 g/mol. The van der Waals surface area contributed by atoms with E-state index >= 15 is 0 Å². The second kappa shape index (κ2) is 6.54. The molecule has 0 saturated heterocycles. The number of hydrogen-bond donors (Lipinski definition) is 1. The molecular formula is C22H20N2O. The first kappa shape index (κ1) is 15.6. The smallest absolute Gasteiger partial charge is 0.119 e. The standard InChI is InChI=1S/C22H20N2O/c1-16-8-10-18(11-9-16)22(25)21-7-4-12-24(21)15-17-13-19-5-2-3-6-20(19)23-14-17/h2-14,22,25H,15H2,1H3. The summed E-state index contributed by atoms with van der Waals surface area (Å²) in [5.41, 5.74) is 5.10. The van der Waals surface area contributed by atoms with Gasteiger partial charge in [0.15, 0.2) is 0 Å². The monoisotopic (exact) mass is 328 g/mol. The van der Waals surface area contributed by atoms with Gasteiger partial charge in [0.05, 0.1) is 11.2 Å². The highest BCUT2D eigenvalue weighted by Crippen LogP contribution is 2.24. The van der Waals surface area contributed by atoms with Crippen molar-refractivity contribution in [2.24, 2.45) is 0 Å². The van der Waals surface area contributed by atoms with Crippen LogP contribution in [-0.4, -0.2) is 14.7 Å². The predicted octanol–water partition coefficient (Wildman–Crippen LogP) is 4.47. The Morgan fingerprint density at radius 1 is 1.00 bits per heavy atom. The maximum Gasteiger partial charge on any atom is 0.119 e. The van der Waals surface area contributed by atoms with Crippen molar-refractivity contribution in [1.82, 2.24) is 9.55 Å². The molecule has 0 spiro atoms. The van der Waals surface area contributed by atoms with Gasteiger partial charge in [-0.05, 0) is 42.3 Å². The number of nitrogens with zero attached hydrogens (tertiary/aromatic N) is 2. The molecule has 0 saturated carbocycles. The maximum absolute atomic E-state index is 10.8. The van der Waals surface area contributed by atoms with Gasteiger partial charge >= 0.3 is 0 Å². The van der Waals surface area contributed by atoms with Crippen LogP contribution in [0.5, 0.6) is 0 Å². The van der Waals surface area contributed by atoms with Crippen molar-refractivity contribution in [3.05, 3.63) is 102 Å². The van der Waals surface area contributed by atoms with E-state index in [-0.39, 0.29) is 0 Å². The van der Waals surface area contributed by atoms with Gasteiger partial charge in [0.2, 0.25) is 0 Å². The summed E-state index contributed by atoms with van der Waals surface area (Å²) >= 11 is 0. The Kier molecular flexibility index (Phi) is 4.08. The van der Waals surface area contributed by atoms with Crippen LogP contribution in [0.3, 0.4) is 0 Å². The first-order chi connectivity index (χ1) is 12.2. The summed E-state index contributed by atoms with van der Waals surface area (Å²) in [7, 11) is 0. The number of hydrogen-bond acceptors (Lipinski definition) is 2. The third-order valence-corrected chi connectivity index (χ3v) is 4.54. The van der Waals surface area contributed by atoms with Crippen LogP contribution < -0.4 is 0 Å². The number of benzene rings is 2. The zero-order valence-electron chi connectivity index (χ0n) is 14.1. The second-order valence-corrected chi connectivity index (χ2v) is 6.41. The Labute approximate surface area is 147 Å². The number of aliphatic hydroxyl groups excluding tert-OH is 1. The predicted molar refractivity (Wildman–Crippen MR) is 101 cm³/mol. The molecule has 0 radical (unpaired) electrons. The summed E-state index contributed by atoms with van der Waals surface area (Å²) < 4.78 is 2.08. The van der Waals surface area contributed by atoms with Crippen molar-refractivity contribution in [3.8, 4) is 0 Å². The summed E-state index contributed by atoms with van der Waals surface area (Å²) in [5.74, 6) is 0. The molecule has 0 aliphatic heterocycles. The Balaban J connectivity index is 1.63. The van der Waals surface area contributed by atoms with Crippen molar-refractivity contribution < 1.29 is 5.11 Å². The highest BCUT2D eigenvalue weighted by atomic mass is 16.3. The lowest BCUT2D eigenvalue weighted by atomic mass is 10.0. The summed E-state index contributed by atoms with van der Waals surface area (Å²) in [6.45, 7) is 2.73. The fourth-order valence-corrected chi connectivity index (χ4v) is 3.14. The molecule has 0 amide bonds. The Morgan fingerprint density at radius 2 is 1.80 bits per heavy atom. The van der Waals surface area contributed by atoms with Crippen LogP contribution >= 0.6 is 0 Å². The quantitative estimate of drug-likeness (QED) is 0.600. The first-order valence-corrected chi connectivity index (χ1v) is 8.44. The van der Waals surface area contributed by atoms with E-state index in [1.165, 1.54) is 5.56 Å². The van der Waals surface area contributed by atoms with E-state index in [9.17, 15) is 5.11 Å². The van der Waals surface area contributed by atoms with Crippen LogP contribution in [0.1, 0.15) is 28.5 Å². The van der Waals surface area contributed by atoms with Crippen molar-refractivity contribution in [1.29, 1.82) is 0 Å². The molecule has 0 aliphatic carbocycles. The zero-order chi connectivity index (χ0) is 17.2. The van der Waals surface area contributed by atoms with Gasteiger partial charge in [-0.25, -0.2) is 0 Å². The van der Waals surface area contributed by atoms with Crippen LogP contribution in [0.4, 0.5) is 0 Å². The molecule has 0 bridgehead atoms. The lowest BCUT2D eigenvalue weighted by Gasteiger charge is -2.16. The minimum absolute atomic E-state index is 0.635. The average Bonchev–Trinajstić information content (AvgIpc) is 3.10. The van der Waals surface area contributed by atoms with E-state index in [2.05, 4.69) is 21.7 Å². The van der Waals surface area contributed by atoms with Gasteiger partial charge in [-0.2, -0.15) is 0 Å². The first-order valence-electron chi connectivity index (χ1n) is 8.44. The van der Waals surface area contributed by atoms with Gasteiger partial charge in [-0.3, -0.25) is 4.98 Å². The third-order valence-electron chi connectivity index (χ3n) is 4.54. The molecule has 0 aliphatic rings. The van der Waals surface area contributed by atoms with Gasteiger partial charge in [-0.15, -0.1) is 0 Å². The van der Waals surface area contributed by atoms with E-state index in [1.807, 2.05) is 73.9 Å². The number of pyridine rings is 1. The molecule has 3 nitrogen and oxygen atoms in total. The van der Waals surface area contributed by atoms with Crippen molar-refractivity contribution in [2.75, 3.05) is 0 Å². The minimum Gasteiger partial charge on any atom is -0.382 e. The topological polar surface area (TPSA) is 38.0 Å². The molecule has 2 heterocycles. The maximum atomic E-state index is 10.8. The molecule has 124 valence electrons. The SMILES string of the molecule is Cc1ccc(C(O)c2cccn2Cc2cnc3ccccc3c2)cc1. The zero-order valence-corrected chi connectivity index (χ0v) is 14.1. The fraction of sp³-hybridized carbons (Fsp3) is 0.136. The molecule has 4 aromatic rings. The molecule has 25 heavy (non-hydrogen) atoms. The summed E-state index contributed by atoms with van der Waals surface area (Å²) in [6, 6.07) is 22.2. The van der Waals surface area contributed by atoms with Crippen molar-refractivity contribution in [2.45, 2.75) is 19.6 Å². The van der Waals surface area contributed by atoms with Gasteiger partial charge in [0, 0.05) is 24.3 Å². The fourth-order valence-electron chi connectivity index (χ4n) is 3.14. The third kappa shape index (κ3) is 3.19. The summed E-state index contributed by atoms with van der Waals surface area (Å²) in [6.07, 6.45) is 3.27. The molecular weight excluding hydrogens is 308 g/mol. The van der Waals surface area contributed by atoms with Gasteiger partial charge < -0.3 is 9.67 Å². The van der Waals surface area contributed by atoms with E-state index in [4.69, 9.17) is 0 Å². The molecule has 3 heteroatoms. The van der Waals surface area contributed by atoms with E-state index < -0.39 is 6.10 Å². The molecule has 2 aromatic carbocycles. The van der Waals surface area contributed by atoms with Crippen LogP contribution in [0.2, 0.25) is 0 Å². The van der Waals surface area contributed by atoms with Gasteiger partial charge in [-0.1, -0.05) is 48.0 Å². The highest BCUT2D eigenvalue weighted by Gasteiger charge is 2.14. The van der Waals surface area contributed by atoms with Crippen LogP contribution in [0.25, 0.3) is 10.9 Å². The van der Waals surface area contributed by atoms with Gasteiger partial charge in [0.25, 0.3) is 0 Å². The second-order valence-electron chi connectivity index (χ2n) is 6.41. The number of fused-ring (bicyclic) bond motifs is 1.